The summed E-state index contributed by atoms with van der Waals surface area (Å²) < 4.78 is 0. The summed E-state index contributed by atoms with van der Waals surface area (Å²) in [5.74, 6) is -8.15. The molecule has 3 aliphatic heterocycles. The molecular weight excluding hydrogens is 951 g/mol. The molecule has 11 heteroatoms. The molecule has 3 heterocycles. The molecule has 3 saturated heterocycles. The van der Waals surface area contributed by atoms with Gasteiger partial charge in [-0.15, -0.1) is 0 Å². The van der Waals surface area contributed by atoms with Gasteiger partial charge in [-0.2, -0.15) is 0 Å². The van der Waals surface area contributed by atoms with Gasteiger partial charge in [-0.05, 0) is 159 Å². The highest BCUT2D eigenvalue weighted by Gasteiger charge is 2.85. The Labute approximate surface area is 466 Å². The molecule has 0 aromatic carbocycles. The maximum atomic E-state index is 16.7. The maximum absolute atomic E-state index is 16.7. The van der Waals surface area contributed by atoms with Crippen molar-refractivity contribution in [2.75, 3.05) is 0 Å². The van der Waals surface area contributed by atoms with Gasteiger partial charge in [-0.25, -0.2) is 0 Å². The van der Waals surface area contributed by atoms with Gasteiger partial charge in [0.25, 0.3) is 0 Å². The summed E-state index contributed by atoms with van der Waals surface area (Å²) in [5.41, 5.74) is -13.8. The standard InChI is InChI=1S/C65H121N3O8/c1-16-19-22-25-28-31-34-37-40-62(52(69)70,41-38-35-32-29-26-23-20-17-2)63(53(71)72,42-39-36-33-30-27-24-21-18-3)65(55(75)76,51-47-60(12,13)68-61(14,15)48-51)64(54(73)74,49-43-56(4,5)66-57(6,7)44-49)50-45-58(8,9)67-59(10,11)46-50/h49-51,66-68H,16-48H2,1-15H3,(H,69,70)(H,71,72)(H,73,74)(H,75,76). The van der Waals surface area contributed by atoms with Gasteiger partial charge in [0.05, 0.1) is 10.8 Å². The number of carboxylic acid groups (broad SMARTS) is 4. The highest BCUT2D eigenvalue weighted by molar-refractivity contribution is 5.98. The molecule has 11 nitrogen and oxygen atoms in total. The number of piperidine rings is 3. The van der Waals surface area contributed by atoms with Crippen LogP contribution < -0.4 is 16.0 Å². The molecule has 7 N–H and O–H groups in total. The van der Waals surface area contributed by atoms with Crippen LogP contribution in [0.25, 0.3) is 0 Å². The second kappa shape index (κ2) is 28.4. The van der Waals surface area contributed by atoms with Crippen molar-refractivity contribution in [2.24, 2.45) is 39.4 Å². The van der Waals surface area contributed by atoms with Crippen LogP contribution in [0.15, 0.2) is 0 Å². The monoisotopic (exact) mass is 1070 g/mol. The van der Waals surface area contributed by atoms with E-state index in [1.807, 2.05) is 27.7 Å². The molecule has 444 valence electrons. The molecule has 76 heavy (non-hydrogen) atoms. The summed E-state index contributed by atoms with van der Waals surface area (Å²) in [7, 11) is 0. The lowest BCUT2D eigenvalue weighted by molar-refractivity contribution is -0.266. The number of rotatable bonds is 37. The van der Waals surface area contributed by atoms with Gasteiger partial charge in [0, 0.05) is 33.2 Å². The van der Waals surface area contributed by atoms with Gasteiger partial charge in [0.1, 0.15) is 10.8 Å². The summed E-state index contributed by atoms with van der Waals surface area (Å²) in [6, 6.07) is 0. The van der Waals surface area contributed by atoms with E-state index in [0.29, 0.717) is 38.5 Å². The predicted octanol–water partition coefficient (Wildman–Crippen LogP) is 16.5. The maximum Gasteiger partial charge on any atom is 0.312 e. The van der Waals surface area contributed by atoms with Crippen LogP contribution >= 0.6 is 0 Å². The van der Waals surface area contributed by atoms with Crippen molar-refractivity contribution in [3.63, 3.8) is 0 Å². The van der Waals surface area contributed by atoms with Gasteiger partial charge in [-0.3, -0.25) is 19.2 Å². The number of carbonyl (C=O) groups is 4. The Morgan fingerprint density at radius 3 is 0.829 bits per heavy atom. The molecule has 0 amide bonds. The zero-order chi connectivity index (χ0) is 57.5. The second-order valence-corrected chi connectivity index (χ2v) is 29.6. The van der Waals surface area contributed by atoms with Crippen LogP contribution in [0.4, 0.5) is 0 Å². The summed E-state index contributed by atoms with van der Waals surface area (Å²) in [6.45, 7) is 31.3. The van der Waals surface area contributed by atoms with Crippen molar-refractivity contribution in [3.05, 3.63) is 0 Å². The van der Waals surface area contributed by atoms with E-state index in [4.69, 9.17) is 0 Å². The zero-order valence-corrected chi connectivity index (χ0v) is 52.0. The summed E-state index contributed by atoms with van der Waals surface area (Å²) in [4.78, 5) is 65.2. The van der Waals surface area contributed by atoms with Gasteiger partial charge in [0.15, 0.2) is 0 Å². The average molecular weight is 1070 g/mol. The molecule has 0 aliphatic carbocycles. The lowest BCUT2D eigenvalue weighted by Crippen LogP contribution is -2.80. The van der Waals surface area contributed by atoms with E-state index in [2.05, 4.69) is 92.1 Å². The number of hydrogen-bond acceptors (Lipinski definition) is 7. The fourth-order valence-electron chi connectivity index (χ4n) is 17.9. The quantitative estimate of drug-likeness (QED) is 0.0294. The molecule has 0 radical (unpaired) electrons. The predicted molar refractivity (Wildman–Crippen MR) is 314 cm³/mol. The van der Waals surface area contributed by atoms with E-state index in [9.17, 15) is 20.4 Å². The van der Waals surface area contributed by atoms with E-state index in [1.54, 1.807) is 0 Å². The highest BCUT2D eigenvalue weighted by atomic mass is 16.4. The fourth-order valence-corrected chi connectivity index (χ4v) is 17.9. The summed E-state index contributed by atoms with van der Waals surface area (Å²) in [6.07, 6.45) is 23.2. The normalized spacial score (nSPS) is 22.4. The summed E-state index contributed by atoms with van der Waals surface area (Å²) in [5, 5.41) is 64.5. The first-order valence-corrected chi connectivity index (χ1v) is 31.6. The number of hydrogen-bond donors (Lipinski definition) is 7. The molecule has 3 rings (SSSR count). The lowest BCUT2D eigenvalue weighted by Gasteiger charge is -2.70. The molecular formula is C65H121N3O8. The largest absolute Gasteiger partial charge is 0.481 e. The van der Waals surface area contributed by atoms with E-state index in [-0.39, 0.29) is 57.8 Å². The Kier molecular flexibility index (Phi) is 25.5. The molecule has 0 bridgehead atoms. The fraction of sp³-hybridized carbons (Fsp3) is 0.938. The van der Waals surface area contributed by atoms with Crippen molar-refractivity contribution < 1.29 is 39.6 Å². The van der Waals surface area contributed by atoms with Crippen LogP contribution in [-0.4, -0.2) is 77.5 Å². The first-order valence-electron chi connectivity index (χ1n) is 31.6. The average Bonchev–Trinajstić information content (AvgIpc) is 3.25. The van der Waals surface area contributed by atoms with Crippen LogP contribution in [0, 0.1) is 39.4 Å². The third-order valence-corrected chi connectivity index (χ3v) is 19.4. The molecule has 0 aromatic rings. The van der Waals surface area contributed by atoms with Crippen molar-refractivity contribution >= 4 is 23.9 Å². The third-order valence-electron chi connectivity index (χ3n) is 19.4. The Morgan fingerprint density at radius 1 is 0.342 bits per heavy atom. The third kappa shape index (κ3) is 16.5. The van der Waals surface area contributed by atoms with Gasteiger partial charge in [-0.1, -0.05) is 175 Å². The van der Waals surface area contributed by atoms with E-state index < -0.39 is 96.5 Å². The van der Waals surface area contributed by atoms with E-state index in [1.165, 1.54) is 0 Å². The number of carboxylic acids is 4. The van der Waals surface area contributed by atoms with Crippen LogP contribution in [0.1, 0.15) is 316 Å². The smallest absolute Gasteiger partial charge is 0.312 e. The van der Waals surface area contributed by atoms with Crippen LogP contribution in [0.5, 0.6) is 0 Å². The van der Waals surface area contributed by atoms with E-state index >= 15 is 19.2 Å². The molecule has 0 saturated carbocycles. The Hall–Kier alpha value is -2.24. The topological polar surface area (TPSA) is 185 Å². The van der Waals surface area contributed by atoms with Crippen molar-refractivity contribution in [2.45, 2.75) is 349 Å². The minimum atomic E-state index is -2.63. The molecule has 2 unspecified atom stereocenters. The minimum absolute atomic E-state index is 0.0218. The SMILES string of the molecule is CCCCCCCCCCC(CCCCCCCCCC)(C(=O)O)C(CCCCCCCCCC)(C(=O)O)C(C(=O)O)(C1CC(C)(C)NC(C)(C)C1)C(C(=O)O)(C1CC(C)(C)NC(C)(C)C1)C1CC(C)(C)NC(C)(C)C1. The zero-order valence-electron chi connectivity index (χ0n) is 52.0. The Morgan fingerprint density at radius 2 is 0.592 bits per heavy atom. The van der Waals surface area contributed by atoms with Crippen molar-refractivity contribution in [1.82, 2.24) is 16.0 Å². The summed E-state index contributed by atoms with van der Waals surface area (Å²) >= 11 is 0. The lowest BCUT2D eigenvalue weighted by atomic mass is 9.31. The molecule has 2 atom stereocenters. The minimum Gasteiger partial charge on any atom is -0.481 e. The number of unbranched alkanes of at least 4 members (excludes halogenated alkanes) is 21. The first kappa shape index (κ1) is 68.0. The van der Waals surface area contributed by atoms with Crippen LogP contribution in [-0.2, 0) is 19.2 Å². The van der Waals surface area contributed by atoms with E-state index in [0.717, 1.165) is 116 Å². The van der Waals surface area contributed by atoms with Crippen molar-refractivity contribution in [1.29, 1.82) is 0 Å². The number of nitrogens with one attached hydrogen (secondary N) is 3. The van der Waals surface area contributed by atoms with Crippen LogP contribution in [0.2, 0.25) is 0 Å². The van der Waals surface area contributed by atoms with Crippen molar-refractivity contribution in [3.8, 4) is 0 Å². The molecule has 3 fully saturated rings. The molecule has 0 aromatic heterocycles. The Bertz CT molecular complexity index is 1710. The van der Waals surface area contributed by atoms with Gasteiger partial charge < -0.3 is 36.4 Å². The van der Waals surface area contributed by atoms with Gasteiger partial charge >= 0.3 is 23.9 Å². The van der Waals surface area contributed by atoms with Gasteiger partial charge in [0.2, 0.25) is 0 Å². The highest BCUT2D eigenvalue weighted by Crippen LogP contribution is 2.76. The second-order valence-electron chi connectivity index (χ2n) is 29.6. The number of aliphatic carboxylic acids is 4. The first-order chi connectivity index (χ1) is 35.3. The molecule has 0 spiro atoms. The molecule has 3 aliphatic rings. The Balaban J connectivity index is 2.80. The van der Waals surface area contributed by atoms with Crippen LogP contribution in [0.3, 0.4) is 0 Å².